The van der Waals surface area contributed by atoms with Crippen LogP contribution in [0.4, 0.5) is 0 Å². The van der Waals surface area contributed by atoms with Crippen LogP contribution in [0.3, 0.4) is 0 Å². The molecule has 5 N–H and O–H groups in total. The summed E-state index contributed by atoms with van der Waals surface area (Å²) in [6, 6.07) is 17.1. The molecular formula is C38H46Cl3N3O6. The van der Waals surface area contributed by atoms with Crippen molar-refractivity contribution in [1.82, 2.24) is 10.3 Å². The van der Waals surface area contributed by atoms with Crippen molar-refractivity contribution in [2.45, 2.75) is 65.3 Å². The fraction of sp³-hybridized carbons (Fsp3) is 0.368. The number of rotatable bonds is 20. The Hall–Kier alpha value is -3.57. The SMILES string of the molecule is Cc1c(COc2cc(OCc3cncc(C(=O)O)c3)c(CNC(CO)CCCCN)cc2Cl)cccc1-c1cccc(OCCCCl)c1C.Cl. The lowest BCUT2D eigenvalue weighted by Gasteiger charge is -2.20. The van der Waals surface area contributed by atoms with Crippen molar-refractivity contribution in [3.05, 3.63) is 105 Å². The average Bonchev–Trinajstić information content (AvgIpc) is 3.10. The first-order valence-corrected chi connectivity index (χ1v) is 17.3. The number of hydrogen-bond acceptors (Lipinski definition) is 8. The minimum absolute atomic E-state index is 0. The quantitative estimate of drug-likeness (QED) is 0.0526. The number of aromatic nitrogens is 1. The minimum atomic E-state index is -1.07. The van der Waals surface area contributed by atoms with E-state index >= 15 is 0 Å². The van der Waals surface area contributed by atoms with Gasteiger partial charge in [0.2, 0.25) is 0 Å². The fourth-order valence-electron chi connectivity index (χ4n) is 5.44. The van der Waals surface area contributed by atoms with Crippen LogP contribution in [0.1, 0.15) is 63.9 Å². The lowest BCUT2D eigenvalue weighted by molar-refractivity contribution is 0.0696. The summed E-state index contributed by atoms with van der Waals surface area (Å²) in [4.78, 5) is 15.5. The van der Waals surface area contributed by atoms with Crippen molar-refractivity contribution >= 4 is 41.6 Å². The lowest BCUT2D eigenvalue weighted by Crippen LogP contribution is -2.32. The number of hydrogen-bond donors (Lipinski definition) is 4. The average molecular weight is 747 g/mol. The van der Waals surface area contributed by atoms with Gasteiger partial charge in [0.05, 0.1) is 23.8 Å². The molecule has 0 amide bonds. The van der Waals surface area contributed by atoms with Crippen molar-refractivity contribution in [2.24, 2.45) is 5.73 Å². The summed E-state index contributed by atoms with van der Waals surface area (Å²) in [7, 11) is 0. The zero-order valence-corrected chi connectivity index (χ0v) is 30.8. The van der Waals surface area contributed by atoms with Crippen LogP contribution in [0.5, 0.6) is 17.2 Å². The van der Waals surface area contributed by atoms with Crippen molar-refractivity contribution in [2.75, 3.05) is 25.6 Å². The van der Waals surface area contributed by atoms with Gasteiger partial charge in [0.1, 0.15) is 30.5 Å². The van der Waals surface area contributed by atoms with E-state index in [0.29, 0.717) is 47.7 Å². The van der Waals surface area contributed by atoms with Gasteiger partial charge >= 0.3 is 5.97 Å². The topological polar surface area (TPSA) is 136 Å². The number of nitrogens with zero attached hydrogens (tertiary/aromatic N) is 1. The molecule has 0 saturated heterocycles. The second kappa shape index (κ2) is 20.9. The Labute approximate surface area is 310 Å². The Morgan fingerprint density at radius 3 is 2.36 bits per heavy atom. The number of carboxylic acid groups (broad SMARTS) is 1. The van der Waals surface area contributed by atoms with Crippen molar-refractivity contribution in [3.8, 4) is 28.4 Å². The minimum Gasteiger partial charge on any atom is -0.493 e. The maximum atomic E-state index is 11.5. The zero-order chi connectivity index (χ0) is 35.2. The van der Waals surface area contributed by atoms with Gasteiger partial charge in [0.15, 0.2) is 0 Å². The molecular weight excluding hydrogens is 701 g/mol. The molecule has 0 saturated carbocycles. The van der Waals surface area contributed by atoms with Gasteiger partial charge in [0, 0.05) is 48.1 Å². The third-order valence-electron chi connectivity index (χ3n) is 8.30. The molecule has 0 aliphatic heterocycles. The number of alkyl halides is 1. The van der Waals surface area contributed by atoms with Crippen molar-refractivity contribution in [1.29, 1.82) is 0 Å². The number of aliphatic hydroxyl groups excluding tert-OH is 1. The van der Waals surface area contributed by atoms with Crippen LogP contribution in [-0.2, 0) is 19.8 Å². The molecule has 0 fully saturated rings. The molecule has 9 nitrogen and oxygen atoms in total. The van der Waals surface area contributed by atoms with Crippen LogP contribution >= 0.6 is 35.6 Å². The van der Waals surface area contributed by atoms with Gasteiger partial charge in [-0.05, 0) is 85.7 Å². The van der Waals surface area contributed by atoms with Gasteiger partial charge in [-0.25, -0.2) is 4.79 Å². The predicted octanol–water partition coefficient (Wildman–Crippen LogP) is 7.88. The summed E-state index contributed by atoms with van der Waals surface area (Å²) in [6.45, 7) is 6.00. The molecule has 0 spiro atoms. The van der Waals surface area contributed by atoms with Gasteiger partial charge < -0.3 is 35.5 Å². The Kier molecular flexibility index (Phi) is 17.1. The van der Waals surface area contributed by atoms with Crippen LogP contribution < -0.4 is 25.3 Å². The Morgan fingerprint density at radius 1 is 0.900 bits per heavy atom. The molecule has 1 unspecified atom stereocenters. The molecule has 4 rings (SSSR count). The lowest BCUT2D eigenvalue weighted by atomic mass is 9.93. The molecule has 1 heterocycles. The monoisotopic (exact) mass is 745 g/mol. The first-order chi connectivity index (χ1) is 23.7. The highest BCUT2D eigenvalue weighted by molar-refractivity contribution is 6.32. The highest BCUT2D eigenvalue weighted by Crippen LogP contribution is 2.36. The van der Waals surface area contributed by atoms with Crippen molar-refractivity contribution < 1.29 is 29.2 Å². The number of carboxylic acids is 1. The zero-order valence-electron chi connectivity index (χ0n) is 28.4. The molecule has 0 aliphatic rings. The molecule has 0 radical (unpaired) electrons. The van der Waals surface area contributed by atoms with E-state index in [4.69, 9.17) is 43.1 Å². The van der Waals surface area contributed by atoms with Gasteiger partial charge in [-0.1, -0.05) is 48.4 Å². The summed E-state index contributed by atoms with van der Waals surface area (Å²) in [5.74, 6) is 1.27. The normalized spacial score (nSPS) is 11.5. The number of nitrogens with one attached hydrogen (secondary N) is 1. The second-order valence-electron chi connectivity index (χ2n) is 11.8. The number of aromatic carboxylic acids is 1. The number of aliphatic hydroxyl groups is 1. The van der Waals surface area contributed by atoms with E-state index < -0.39 is 5.97 Å². The number of pyridine rings is 1. The first-order valence-electron chi connectivity index (χ1n) is 16.4. The van der Waals surface area contributed by atoms with Crippen LogP contribution in [0.15, 0.2) is 67.0 Å². The third kappa shape index (κ3) is 11.5. The molecule has 0 bridgehead atoms. The predicted molar refractivity (Wildman–Crippen MR) is 201 cm³/mol. The third-order valence-corrected chi connectivity index (χ3v) is 8.86. The van der Waals surface area contributed by atoms with Gasteiger partial charge in [-0.3, -0.25) is 4.98 Å². The van der Waals surface area contributed by atoms with E-state index in [9.17, 15) is 15.0 Å². The van der Waals surface area contributed by atoms with Crippen LogP contribution in [0.25, 0.3) is 11.1 Å². The second-order valence-corrected chi connectivity index (χ2v) is 12.6. The maximum absolute atomic E-state index is 11.5. The Morgan fingerprint density at radius 2 is 1.64 bits per heavy atom. The summed E-state index contributed by atoms with van der Waals surface area (Å²) >= 11 is 12.6. The van der Waals surface area contributed by atoms with Crippen LogP contribution in [0, 0.1) is 13.8 Å². The molecule has 50 heavy (non-hydrogen) atoms. The number of halogens is 3. The molecule has 1 atom stereocenters. The molecule has 1 aromatic heterocycles. The largest absolute Gasteiger partial charge is 0.493 e. The molecule has 0 aliphatic carbocycles. The van der Waals surface area contributed by atoms with E-state index in [1.54, 1.807) is 18.3 Å². The molecule has 12 heteroatoms. The number of benzene rings is 3. The van der Waals surface area contributed by atoms with Gasteiger partial charge in [0.25, 0.3) is 0 Å². The number of unbranched alkanes of at least 4 members (excludes halogenated alkanes) is 1. The smallest absolute Gasteiger partial charge is 0.337 e. The fourth-order valence-corrected chi connectivity index (χ4v) is 5.79. The summed E-state index contributed by atoms with van der Waals surface area (Å²) < 4.78 is 18.5. The van der Waals surface area contributed by atoms with E-state index in [0.717, 1.165) is 64.8 Å². The first kappa shape index (κ1) is 40.9. The van der Waals surface area contributed by atoms with Gasteiger partial charge in [-0.15, -0.1) is 24.0 Å². The van der Waals surface area contributed by atoms with Crippen molar-refractivity contribution in [3.63, 3.8) is 0 Å². The maximum Gasteiger partial charge on any atom is 0.337 e. The summed E-state index contributed by atoms with van der Waals surface area (Å²) in [5, 5.41) is 23.1. The molecule has 4 aromatic rings. The molecule has 270 valence electrons. The Bertz CT molecular complexity index is 1690. The molecule has 3 aromatic carbocycles. The van der Waals surface area contributed by atoms with E-state index in [1.807, 2.05) is 24.3 Å². The van der Waals surface area contributed by atoms with E-state index in [-0.39, 0.29) is 43.8 Å². The Balaban J connectivity index is 0.00000676. The summed E-state index contributed by atoms with van der Waals surface area (Å²) in [5.41, 5.74) is 12.4. The van der Waals surface area contributed by atoms with Gasteiger partial charge in [-0.2, -0.15) is 0 Å². The standard InChI is InChI=1S/C38H45Cl2N3O6.ClH/c1-25-28(8-5-10-32(25)33-11-6-12-35(26(33)2)47-15-7-13-39)24-49-37-18-36(48-23-27-16-30(38(45)46)20-42-19-27)29(17-34(37)40)21-43-31(22-44)9-3-4-14-41;/h5-6,8,10-12,16-20,31,43-44H,3-4,7,9,13-15,21-24,41H2,1-2H3,(H,45,46);1H. The van der Waals surface area contributed by atoms with Crippen LogP contribution in [0.2, 0.25) is 5.02 Å². The van der Waals surface area contributed by atoms with Crippen LogP contribution in [-0.4, -0.2) is 52.8 Å². The number of nitrogens with two attached hydrogens (primary N) is 1. The number of ether oxygens (including phenoxy) is 3. The van der Waals surface area contributed by atoms with E-state index in [1.165, 1.54) is 12.3 Å². The summed E-state index contributed by atoms with van der Waals surface area (Å²) in [6.07, 6.45) is 6.18. The van der Waals surface area contributed by atoms with E-state index in [2.05, 4.69) is 36.3 Å². The number of carbonyl (C=O) groups is 1. The highest BCUT2D eigenvalue weighted by Gasteiger charge is 2.17. The highest BCUT2D eigenvalue weighted by atomic mass is 35.5.